The van der Waals surface area contributed by atoms with Crippen molar-refractivity contribution >= 4 is 29.9 Å². The molecule has 0 aromatic heterocycles. The number of likely N-dealkylation sites (N-methyl/N-ethyl adjacent to an activating group) is 1. The fourth-order valence-electron chi connectivity index (χ4n) is 5.10. The molecule has 1 unspecified atom stereocenters. The molecular weight excluding hydrogens is 453 g/mol. The molecule has 1 atom stereocenters. The van der Waals surface area contributed by atoms with Crippen molar-refractivity contribution in [1.29, 1.82) is 0 Å². The van der Waals surface area contributed by atoms with Gasteiger partial charge < -0.3 is 15.0 Å². The number of aliphatic imine (C=N–C) groups is 1. The molecule has 1 N–H and O–H groups in total. The highest BCUT2D eigenvalue weighted by Crippen LogP contribution is 2.31. The number of rotatable bonds is 6. The average Bonchev–Trinajstić information content (AvgIpc) is 3.37. The summed E-state index contributed by atoms with van der Waals surface area (Å²) in [6.07, 6.45) is 6.20. The maximum atomic E-state index is 5.68. The maximum Gasteiger partial charge on any atom is 0.193 e. The van der Waals surface area contributed by atoms with Crippen molar-refractivity contribution in [2.45, 2.75) is 57.5 Å². The van der Waals surface area contributed by atoms with Crippen molar-refractivity contribution in [3.05, 3.63) is 0 Å². The lowest BCUT2D eigenvalue weighted by molar-refractivity contribution is -0.0166. The van der Waals surface area contributed by atoms with Crippen LogP contribution in [-0.4, -0.2) is 98.3 Å². The van der Waals surface area contributed by atoms with Crippen LogP contribution < -0.4 is 5.32 Å². The highest BCUT2D eigenvalue weighted by atomic mass is 127. The smallest absolute Gasteiger partial charge is 0.193 e. The summed E-state index contributed by atoms with van der Waals surface area (Å²) in [5, 5.41) is 3.75. The lowest BCUT2D eigenvalue weighted by Gasteiger charge is -2.45. The second kappa shape index (κ2) is 11.2. The second-order valence-electron chi connectivity index (χ2n) is 8.04. The standard InChI is InChI=1S/C20H39N5O.HI/c1-4-23(5-2)18-8-13-24(16-18)19(21-3)22-17-20(9-14-26-15-10-20)25-11-6-7-12-25;/h18H,4-17H2,1-3H3,(H,21,22);1H. The lowest BCUT2D eigenvalue weighted by atomic mass is 9.88. The molecule has 3 heterocycles. The Morgan fingerprint density at radius 3 is 2.41 bits per heavy atom. The van der Waals surface area contributed by atoms with Gasteiger partial charge in [0.15, 0.2) is 5.96 Å². The van der Waals surface area contributed by atoms with E-state index in [1.54, 1.807) is 0 Å². The Bertz CT molecular complexity index is 459. The summed E-state index contributed by atoms with van der Waals surface area (Å²) < 4.78 is 5.68. The summed E-state index contributed by atoms with van der Waals surface area (Å²) in [7, 11) is 1.93. The molecule has 3 fully saturated rings. The Morgan fingerprint density at radius 2 is 1.81 bits per heavy atom. The predicted octanol–water partition coefficient (Wildman–Crippen LogP) is 2.24. The van der Waals surface area contributed by atoms with Gasteiger partial charge in [-0.15, -0.1) is 24.0 Å². The molecule has 3 saturated heterocycles. The number of ether oxygens (including phenoxy) is 1. The van der Waals surface area contributed by atoms with Gasteiger partial charge in [0.2, 0.25) is 0 Å². The number of guanidine groups is 1. The van der Waals surface area contributed by atoms with E-state index in [1.807, 2.05) is 7.05 Å². The van der Waals surface area contributed by atoms with Crippen molar-refractivity contribution in [3.63, 3.8) is 0 Å². The molecule has 0 aromatic rings. The van der Waals surface area contributed by atoms with Gasteiger partial charge in [-0.05, 0) is 58.3 Å². The Balaban J connectivity index is 0.00000261. The zero-order valence-corrected chi connectivity index (χ0v) is 19.9. The van der Waals surface area contributed by atoms with E-state index >= 15 is 0 Å². The maximum absolute atomic E-state index is 5.68. The van der Waals surface area contributed by atoms with Gasteiger partial charge in [-0.3, -0.25) is 14.8 Å². The topological polar surface area (TPSA) is 43.3 Å². The van der Waals surface area contributed by atoms with E-state index in [1.165, 1.54) is 32.4 Å². The van der Waals surface area contributed by atoms with E-state index in [0.717, 1.165) is 64.7 Å². The van der Waals surface area contributed by atoms with Crippen LogP contribution in [0, 0.1) is 0 Å². The van der Waals surface area contributed by atoms with Crippen molar-refractivity contribution in [2.24, 2.45) is 4.99 Å². The van der Waals surface area contributed by atoms with Crippen LogP contribution in [0.1, 0.15) is 46.0 Å². The molecule has 6 nitrogen and oxygen atoms in total. The van der Waals surface area contributed by atoms with Gasteiger partial charge in [-0.1, -0.05) is 13.8 Å². The molecule has 7 heteroatoms. The van der Waals surface area contributed by atoms with Crippen LogP contribution in [0.4, 0.5) is 0 Å². The third kappa shape index (κ3) is 5.48. The molecule has 158 valence electrons. The molecular formula is C20H40IN5O. The first kappa shape index (κ1) is 23.2. The first-order valence-corrected chi connectivity index (χ1v) is 10.7. The van der Waals surface area contributed by atoms with Crippen LogP contribution in [0.5, 0.6) is 0 Å². The van der Waals surface area contributed by atoms with Crippen LogP contribution in [0.2, 0.25) is 0 Å². The predicted molar refractivity (Wildman–Crippen MR) is 123 cm³/mol. The fourth-order valence-corrected chi connectivity index (χ4v) is 5.10. The first-order chi connectivity index (χ1) is 12.7. The minimum absolute atomic E-state index is 0. The molecule has 0 aliphatic carbocycles. The van der Waals surface area contributed by atoms with Crippen molar-refractivity contribution in [3.8, 4) is 0 Å². The molecule has 0 saturated carbocycles. The summed E-state index contributed by atoms with van der Waals surface area (Å²) in [6, 6.07) is 0.666. The number of nitrogens with zero attached hydrogens (tertiary/aromatic N) is 4. The van der Waals surface area contributed by atoms with Gasteiger partial charge >= 0.3 is 0 Å². The number of likely N-dealkylation sites (tertiary alicyclic amines) is 2. The third-order valence-electron chi connectivity index (χ3n) is 6.78. The molecule has 0 spiro atoms. The highest BCUT2D eigenvalue weighted by molar-refractivity contribution is 14.0. The molecule has 0 amide bonds. The van der Waals surface area contributed by atoms with E-state index in [2.05, 4.69) is 38.9 Å². The Morgan fingerprint density at radius 1 is 1.15 bits per heavy atom. The number of hydrogen-bond donors (Lipinski definition) is 1. The minimum Gasteiger partial charge on any atom is -0.381 e. The molecule has 0 aromatic carbocycles. The van der Waals surface area contributed by atoms with Crippen LogP contribution >= 0.6 is 24.0 Å². The largest absolute Gasteiger partial charge is 0.381 e. The molecule has 3 aliphatic heterocycles. The van der Waals surface area contributed by atoms with Gasteiger partial charge in [0, 0.05) is 51.5 Å². The van der Waals surface area contributed by atoms with E-state index in [4.69, 9.17) is 4.74 Å². The second-order valence-corrected chi connectivity index (χ2v) is 8.04. The SMILES string of the molecule is CCN(CC)C1CCN(C(=NC)NCC2(N3CCCC3)CCOCC2)C1.I. The Hall–Kier alpha value is -0.120. The quantitative estimate of drug-likeness (QED) is 0.350. The van der Waals surface area contributed by atoms with E-state index < -0.39 is 0 Å². The summed E-state index contributed by atoms with van der Waals surface area (Å²) in [4.78, 5) is 12.4. The molecule has 3 aliphatic rings. The van der Waals surface area contributed by atoms with Crippen molar-refractivity contribution < 1.29 is 4.74 Å². The van der Waals surface area contributed by atoms with Gasteiger partial charge in [-0.2, -0.15) is 0 Å². The summed E-state index contributed by atoms with van der Waals surface area (Å²) in [5.41, 5.74) is 0.253. The van der Waals surface area contributed by atoms with Gasteiger partial charge in [0.05, 0.1) is 0 Å². The molecule has 0 bridgehead atoms. The molecule has 3 rings (SSSR count). The van der Waals surface area contributed by atoms with E-state index in [0.29, 0.717) is 6.04 Å². The first-order valence-electron chi connectivity index (χ1n) is 10.7. The molecule has 0 radical (unpaired) electrons. The van der Waals surface area contributed by atoms with Crippen molar-refractivity contribution in [2.75, 3.05) is 66.1 Å². The summed E-state index contributed by atoms with van der Waals surface area (Å²) in [6.45, 7) is 14.3. The van der Waals surface area contributed by atoms with E-state index in [-0.39, 0.29) is 29.5 Å². The highest BCUT2D eigenvalue weighted by Gasteiger charge is 2.40. The monoisotopic (exact) mass is 493 g/mol. The summed E-state index contributed by atoms with van der Waals surface area (Å²) in [5.74, 6) is 1.09. The zero-order chi connectivity index (χ0) is 18.4. The van der Waals surface area contributed by atoms with Crippen LogP contribution in [0.25, 0.3) is 0 Å². The number of hydrogen-bond acceptors (Lipinski definition) is 4. The van der Waals surface area contributed by atoms with Gasteiger partial charge in [-0.25, -0.2) is 0 Å². The van der Waals surface area contributed by atoms with Crippen molar-refractivity contribution in [1.82, 2.24) is 20.0 Å². The lowest BCUT2D eigenvalue weighted by Crippen LogP contribution is -2.59. The van der Waals surface area contributed by atoms with Crippen LogP contribution in [0.3, 0.4) is 0 Å². The fraction of sp³-hybridized carbons (Fsp3) is 0.950. The normalized spacial score (nSPS) is 26.4. The number of halogens is 1. The van der Waals surface area contributed by atoms with E-state index in [9.17, 15) is 0 Å². The Kier molecular flexibility index (Phi) is 9.58. The third-order valence-corrected chi connectivity index (χ3v) is 6.78. The van der Waals surface area contributed by atoms with Crippen LogP contribution in [0.15, 0.2) is 4.99 Å². The average molecular weight is 493 g/mol. The van der Waals surface area contributed by atoms with Gasteiger partial charge in [0.25, 0.3) is 0 Å². The number of nitrogens with one attached hydrogen (secondary N) is 1. The molecule has 27 heavy (non-hydrogen) atoms. The Labute approximate surface area is 183 Å². The zero-order valence-electron chi connectivity index (χ0n) is 17.6. The van der Waals surface area contributed by atoms with Crippen LogP contribution in [-0.2, 0) is 4.74 Å². The summed E-state index contributed by atoms with van der Waals surface area (Å²) >= 11 is 0. The minimum atomic E-state index is 0. The van der Waals surface area contributed by atoms with Gasteiger partial charge in [0.1, 0.15) is 0 Å².